The molecule has 0 spiro atoms. The van der Waals surface area contributed by atoms with Gasteiger partial charge < -0.3 is 5.32 Å². The third-order valence-corrected chi connectivity index (χ3v) is 3.23. The third kappa shape index (κ3) is 3.18. The molecule has 1 amide bonds. The molecule has 4 nitrogen and oxygen atoms in total. The van der Waals surface area contributed by atoms with Crippen molar-refractivity contribution in [3.8, 4) is 0 Å². The van der Waals surface area contributed by atoms with Crippen molar-refractivity contribution in [3.63, 3.8) is 0 Å². The topological polar surface area (TPSA) is 46.9 Å². The number of hydrogen-bond acceptors (Lipinski definition) is 3. The van der Waals surface area contributed by atoms with Crippen LogP contribution in [0.3, 0.4) is 0 Å². The summed E-state index contributed by atoms with van der Waals surface area (Å²) < 4.78 is 2.46. The van der Waals surface area contributed by atoms with Gasteiger partial charge in [0.2, 0.25) is 5.91 Å². The average molecular weight is 300 g/mol. The zero-order valence-corrected chi connectivity index (χ0v) is 10.8. The predicted molar refractivity (Wildman–Crippen MR) is 66.1 cm³/mol. The normalized spacial score (nSPS) is 10.3. The Morgan fingerprint density at radius 3 is 3.12 bits per heavy atom. The van der Waals surface area contributed by atoms with E-state index in [1.165, 1.54) is 0 Å². The van der Waals surface area contributed by atoms with Crippen LogP contribution in [0.25, 0.3) is 0 Å². The average Bonchev–Trinajstić information content (AvgIpc) is 2.87. The lowest BCUT2D eigenvalue weighted by Crippen LogP contribution is -2.26. The van der Waals surface area contributed by atoms with E-state index in [0.29, 0.717) is 6.54 Å². The molecule has 0 aliphatic heterocycles. The van der Waals surface area contributed by atoms with Crippen molar-refractivity contribution in [2.24, 2.45) is 0 Å². The Morgan fingerprint density at radius 1 is 1.62 bits per heavy atom. The maximum Gasteiger partial charge on any atom is 0.242 e. The third-order valence-electron chi connectivity index (χ3n) is 1.95. The van der Waals surface area contributed by atoms with Gasteiger partial charge in [0.25, 0.3) is 0 Å². The standard InChI is InChI=1S/C10H10BrN3OS/c11-8-4-13-14(6-8)7-10(15)12-5-9-2-1-3-16-9/h1-4,6H,5,7H2,(H,12,15). The van der Waals surface area contributed by atoms with Gasteiger partial charge in [0.15, 0.2) is 0 Å². The molecule has 2 rings (SSSR count). The number of rotatable bonds is 4. The van der Waals surface area contributed by atoms with Crippen molar-refractivity contribution in [1.82, 2.24) is 15.1 Å². The van der Waals surface area contributed by atoms with Gasteiger partial charge in [-0.1, -0.05) is 6.07 Å². The van der Waals surface area contributed by atoms with Gasteiger partial charge in [-0.25, -0.2) is 0 Å². The number of carbonyl (C=O) groups excluding carboxylic acids is 1. The molecule has 0 saturated heterocycles. The molecular weight excluding hydrogens is 290 g/mol. The Kier molecular flexibility index (Phi) is 3.74. The molecule has 84 valence electrons. The molecule has 2 heterocycles. The monoisotopic (exact) mass is 299 g/mol. The molecular formula is C10H10BrN3OS. The lowest BCUT2D eigenvalue weighted by atomic mass is 10.4. The summed E-state index contributed by atoms with van der Waals surface area (Å²) in [6.45, 7) is 0.829. The minimum absolute atomic E-state index is 0.0380. The smallest absolute Gasteiger partial charge is 0.242 e. The number of nitrogens with one attached hydrogen (secondary N) is 1. The zero-order chi connectivity index (χ0) is 11.4. The maximum atomic E-state index is 11.5. The van der Waals surface area contributed by atoms with Crippen LogP contribution in [0.2, 0.25) is 0 Å². The molecule has 6 heteroatoms. The summed E-state index contributed by atoms with van der Waals surface area (Å²) in [5.41, 5.74) is 0. The number of carbonyl (C=O) groups is 1. The lowest BCUT2D eigenvalue weighted by molar-refractivity contribution is -0.122. The Balaban J connectivity index is 1.81. The van der Waals surface area contributed by atoms with Gasteiger partial charge in [0, 0.05) is 11.1 Å². The molecule has 0 saturated carbocycles. The summed E-state index contributed by atoms with van der Waals surface area (Å²) in [6.07, 6.45) is 3.43. The highest BCUT2D eigenvalue weighted by Crippen LogP contribution is 2.08. The number of amides is 1. The molecule has 16 heavy (non-hydrogen) atoms. The highest BCUT2D eigenvalue weighted by Gasteiger charge is 2.03. The summed E-state index contributed by atoms with van der Waals surface area (Å²) in [6, 6.07) is 3.96. The van der Waals surface area contributed by atoms with Crippen molar-refractivity contribution in [3.05, 3.63) is 39.3 Å². The number of nitrogens with zero attached hydrogens (tertiary/aromatic N) is 2. The van der Waals surface area contributed by atoms with Crippen molar-refractivity contribution in [2.45, 2.75) is 13.1 Å². The largest absolute Gasteiger partial charge is 0.350 e. The van der Waals surface area contributed by atoms with E-state index >= 15 is 0 Å². The van der Waals surface area contributed by atoms with Gasteiger partial charge in [-0.15, -0.1) is 11.3 Å². The molecule has 1 N–H and O–H groups in total. The van der Waals surface area contributed by atoms with Crippen molar-refractivity contribution in [1.29, 1.82) is 0 Å². The van der Waals surface area contributed by atoms with Gasteiger partial charge in [-0.3, -0.25) is 9.48 Å². The fourth-order valence-electron chi connectivity index (χ4n) is 1.23. The van der Waals surface area contributed by atoms with E-state index in [1.54, 1.807) is 28.4 Å². The van der Waals surface area contributed by atoms with Gasteiger partial charge in [0.1, 0.15) is 6.54 Å². The van der Waals surface area contributed by atoms with E-state index in [1.807, 2.05) is 17.5 Å². The molecule has 0 aliphatic carbocycles. The fraction of sp³-hybridized carbons (Fsp3) is 0.200. The van der Waals surface area contributed by atoms with Gasteiger partial charge in [-0.2, -0.15) is 5.10 Å². The summed E-state index contributed by atoms with van der Waals surface area (Å²) in [5.74, 6) is -0.0380. The number of thiophene rings is 1. The Hall–Kier alpha value is -1.14. The first-order valence-corrected chi connectivity index (χ1v) is 6.38. The SMILES string of the molecule is O=C(Cn1cc(Br)cn1)NCc1cccs1. The minimum Gasteiger partial charge on any atom is -0.350 e. The van der Waals surface area contributed by atoms with E-state index in [4.69, 9.17) is 0 Å². The first-order chi connectivity index (χ1) is 7.74. The molecule has 2 aromatic rings. The molecule has 0 fully saturated rings. The van der Waals surface area contributed by atoms with Crippen molar-refractivity contribution >= 4 is 33.2 Å². The zero-order valence-electron chi connectivity index (χ0n) is 8.39. The number of aromatic nitrogens is 2. The van der Waals surface area contributed by atoms with Gasteiger partial charge in [0.05, 0.1) is 17.2 Å². The molecule has 0 bridgehead atoms. The van der Waals surface area contributed by atoms with E-state index in [2.05, 4.69) is 26.3 Å². The summed E-state index contributed by atoms with van der Waals surface area (Å²) in [4.78, 5) is 12.7. The second-order valence-corrected chi connectivity index (χ2v) is 5.16. The van der Waals surface area contributed by atoms with Gasteiger partial charge in [-0.05, 0) is 27.4 Å². The van der Waals surface area contributed by atoms with Crippen LogP contribution in [-0.4, -0.2) is 15.7 Å². The molecule has 0 aliphatic rings. The summed E-state index contributed by atoms with van der Waals surface area (Å²) in [7, 11) is 0. The van der Waals surface area contributed by atoms with Crippen molar-refractivity contribution < 1.29 is 4.79 Å². The second-order valence-electron chi connectivity index (χ2n) is 3.21. The first-order valence-electron chi connectivity index (χ1n) is 4.71. The fourth-order valence-corrected chi connectivity index (χ4v) is 2.20. The van der Waals surface area contributed by atoms with Crippen LogP contribution in [0.5, 0.6) is 0 Å². The summed E-state index contributed by atoms with van der Waals surface area (Å²) in [5, 5.41) is 8.84. The Morgan fingerprint density at radius 2 is 2.50 bits per heavy atom. The van der Waals surface area contributed by atoms with Crippen LogP contribution in [-0.2, 0) is 17.9 Å². The molecule has 2 aromatic heterocycles. The van der Waals surface area contributed by atoms with Crippen LogP contribution < -0.4 is 5.32 Å². The second kappa shape index (κ2) is 5.27. The molecule has 0 unspecified atom stereocenters. The van der Waals surface area contributed by atoms with Crippen LogP contribution in [0, 0.1) is 0 Å². The Labute approximate surface area is 105 Å². The highest BCUT2D eigenvalue weighted by atomic mass is 79.9. The van der Waals surface area contributed by atoms with E-state index in [9.17, 15) is 4.79 Å². The molecule has 0 atom stereocenters. The molecule has 0 aromatic carbocycles. The van der Waals surface area contributed by atoms with E-state index < -0.39 is 0 Å². The minimum atomic E-state index is -0.0380. The number of hydrogen-bond donors (Lipinski definition) is 1. The summed E-state index contributed by atoms with van der Waals surface area (Å²) >= 11 is 4.91. The van der Waals surface area contributed by atoms with Crippen LogP contribution >= 0.6 is 27.3 Å². The Bertz CT molecular complexity index is 466. The maximum absolute atomic E-state index is 11.5. The quantitative estimate of drug-likeness (QED) is 0.939. The van der Waals surface area contributed by atoms with E-state index in [-0.39, 0.29) is 12.5 Å². The van der Waals surface area contributed by atoms with Gasteiger partial charge >= 0.3 is 0 Å². The molecule has 0 radical (unpaired) electrons. The highest BCUT2D eigenvalue weighted by molar-refractivity contribution is 9.10. The first kappa shape index (κ1) is 11.3. The van der Waals surface area contributed by atoms with Crippen LogP contribution in [0.1, 0.15) is 4.88 Å². The van der Waals surface area contributed by atoms with E-state index in [0.717, 1.165) is 9.35 Å². The van der Waals surface area contributed by atoms with Crippen LogP contribution in [0.15, 0.2) is 34.4 Å². The predicted octanol–water partition coefficient (Wildman–Crippen LogP) is 2.02. The lowest BCUT2D eigenvalue weighted by Gasteiger charge is -2.03. The van der Waals surface area contributed by atoms with Crippen molar-refractivity contribution in [2.75, 3.05) is 0 Å². The number of halogens is 1. The van der Waals surface area contributed by atoms with Crippen LogP contribution in [0.4, 0.5) is 0 Å².